The lowest BCUT2D eigenvalue weighted by atomic mass is 9.80. The summed E-state index contributed by atoms with van der Waals surface area (Å²) in [5.41, 5.74) is -0.0492. The van der Waals surface area contributed by atoms with Gasteiger partial charge in [-0.05, 0) is 24.2 Å². The summed E-state index contributed by atoms with van der Waals surface area (Å²) < 4.78 is 9.53. The van der Waals surface area contributed by atoms with Crippen LogP contribution in [0, 0.1) is 11.3 Å². The second kappa shape index (κ2) is 11.3. The molecule has 0 aromatic carbocycles. The van der Waals surface area contributed by atoms with E-state index < -0.39 is 18.2 Å². The smallest absolute Gasteiger partial charge is 0.407 e. The number of carbonyl (C=O) groups excluding carboxylic acids is 2. The fraction of sp³-hybridized carbons (Fsp3) is 0.688. The molecule has 0 bridgehead atoms. The molecule has 3 N–H and O–H groups in total. The van der Waals surface area contributed by atoms with Gasteiger partial charge in [0.2, 0.25) is 0 Å². The summed E-state index contributed by atoms with van der Waals surface area (Å²) in [6.45, 7) is 10.2. The number of carbonyl (C=O) groups is 3. The number of ether oxygens (including phenoxy) is 2. The molecule has 138 valence electrons. The molecular weight excluding hydrogens is 316 g/mol. The van der Waals surface area contributed by atoms with Crippen molar-refractivity contribution in [1.29, 1.82) is 0 Å². The third kappa shape index (κ3) is 12.3. The molecule has 0 spiro atoms. The second-order valence-electron chi connectivity index (χ2n) is 6.34. The van der Waals surface area contributed by atoms with E-state index in [1.54, 1.807) is 0 Å². The molecule has 0 aliphatic heterocycles. The van der Waals surface area contributed by atoms with Gasteiger partial charge in [-0.3, -0.25) is 0 Å². The average Bonchev–Trinajstić information content (AvgIpc) is 2.48. The van der Waals surface area contributed by atoms with E-state index in [0.29, 0.717) is 13.1 Å². The molecular formula is C16H28N2O6. The number of esters is 1. The fourth-order valence-electron chi connectivity index (χ4n) is 2.27. The van der Waals surface area contributed by atoms with Gasteiger partial charge in [0.25, 0.3) is 0 Å². The topological polar surface area (TPSA) is 114 Å². The van der Waals surface area contributed by atoms with Gasteiger partial charge >= 0.3 is 18.2 Å². The van der Waals surface area contributed by atoms with Crippen molar-refractivity contribution in [3.05, 3.63) is 12.7 Å². The third-order valence-electron chi connectivity index (χ3n) is 3.30. The van der Waals surface area contributed by atoms with Gasteiger partial charge in [0, 0.05) is 19.2 Å². The van der Waals surface area contributed by atoms with Gasteiger partial charge in [-0.2, -0.15) is 0 Å². The van der Waals surface area contributed by atoms with Crippen molar-refractivity contribution in [3.63, 3.8) is 0 Å². The van der Waals surface area contributed by atoms with E-state index >= 15 is 0 Å². The Morgan fingerprint density at radius 1 is 1.21 bits per heavy atom. The first-order chi connectivity index (χ1) is 11.2. The van der Waals surface area contributed by atoms with Crippen molar-refractivity contribution < 1.29 is 29.0 Å². The molecule has 0 saturated heterocycles. The lowest BCUT2D eigenvalue weighted by molar-refractivity contribution is -0.138. The Labute approximate surface area is 142 Å². The number of alkyl carbamates (subject to hydrolysis) is 1. The van der Waals surface area contributed by atoms with E-state index in [4.69, 9.17) is 9.84 Å². The van der Waals surface area contributed by atoms with E-state index in [0.717, 1.165) is 18.9 Å². The van der Waals surface area contributed by atoms with Crippen LogP contribution >= 0.6 is 0 Å². The molecule has 1 unspecified atom stereocenters. The number of rotatable bonds is 11. The normalized spacial score (nSPS) is 12.0. The molecule has 2 amide bonds. The lowest BCUT2D eigenvalue weighted by Gasteiger charge is -2.28. The molecule has 0 heterocycles. The standard InChI is InChI=1S/C16H28N2O6/c1-5-13(19)23-8-9-24-15(22)17-7-6-16(3,4)10-12(2)11-18-14(20)21/h5,12,18H,1,6-11H2,2-4H3,(H,17,22)(H,20,21). The lowest BCUT2D eigenvalue weighted by Crippen LogP contribution is -2.32. The molecule has 0 rings (SSSR count). The SMILES string of the molecule is C=CC(=O)OCCOC(=O)NCCC(C)(C)CC(C)CNC(=O)O. The summed E-state index contributed by atoms with van der Waals surface area (Å²) in [5.74, 6) is -0.366. The molecule has 0 fully saturated rings. The summed E-state index contributed by atoms with van der Waals surface area (Å²) in [4.78, 5) is 32.7. The van der Waals surface area contributed by atoms with Crippen LogP contribution < -0.4 is 10.6 Å². The van der Waals surface area contributed by atoms with Gasteiger partial charge in [0.05, 0.1) is 0 Å². The van der Waals surface area contributed by atoms with E-state index in [-0.39, 0.29) is 24.5 Å². The molecule has 24 heavy (non-hydrogen) atoms. The zero-order valence-electron chi connectivity index (χ0n) is 14.6. The van der Waals surface area contributed by atoms with Crippen LogP contribution in [0.3, 0.4) is 0 Å². The fourth-order valence-corrected chi connectivity index (χ4v) is 2.27. The Bertz CT molecular complexity index is 436. The van der Waals surface area contributed by atoms with Crippen LogP contribution in [0.15, 0.2) is 12.7 Å². The highest BCUT2D eigenvalue weighted by molar-refractivity contribution is 5.81. The minimum atomic E-state index is -1.03. The van der Waals surface area contributed by atoms with Crippen molar-refractivity contribution in [2.45, 2.75) is 33.6 Å². The maximum absolute atomic E-state index is 11.5. The van der Waals surface area contributed by atoms with Crippen LogP contribution in [0.4, 0.5) is 9.59 Å². The molecule has 0 aromatic rings. The number of hydrogen-bond acceptors (Lipinski definition) is 5. The molecule has 8 heteroatoms. The van der Waals surface area contributed by atoms with Gasteiger partial charge < -0.3 is 25.2 Å². The second-order valence-corrected chi connectivity index (χ2v) is 6.34. The van der Waals surface area contributed by atoms with Gasteiger partial charge in [0.15, 0.2) is 0 Å². The van der Waals surface area contributed by atoms with Crippen LogP contribution in [0.1, 0.15) is 33.6 Å². The summed E-state index contributed by atoms with van der Waals surface area (Å²) in [7, 11) is 0. The van der Waals surface area contributed by atoms with E-state index in [1.165, 1.54) is 0 Å². The number of carboxylic acid groups (broad SMARTS) is 1. The van der Waals surface area contributed by atoms with Crippen molar-refractivity contribution in [3.8, 4) is 0 Å². The predicted molar refractivity (Wildman–Crippen MR) is 88.7 cm³/mol. The molecule has 0 aliphatic carbocycles. The Morgan fingerprint density at radius 3 is 2.42 bits per heavy atom. The van der Waals surface area contributed by atoms with Crippen LogP contribution in [0.2, 0.25) is 0 Å². The highest BCUT2D eigenvalue weighted by Gasteiger charge is 2.21. The first-order valence-corrected chi connectivity index (χ1v) is 7.83. The zero-order valence-corrected chi connectivity index (χ0v) is 14.6. The van der Waals surface area contributed by atoms with E-state index in [2.05, 4.69) is 35.8 Å². The third-order valence-corrected chi connectivity index (χ3v) is 3.30. The Kier molecular flexibility index (Phi) is 10.3. The Morgan fingerprint density at radius 2 is 1.83 bits per heavy atom. The molecule has 0 aliphatic rings. The molecule has 0 radical (unpaired) electrons. The van der Waals surface area contributed by atoms with Crippen molar-refractivity contribution in [2.24, 2.45) is 11.3 Å². The summed E-state index contributed by atoms with van der Waals surface area (Å²) >= 11 is 0. The predicted octanol–water partition coefficient (Wildman–Crippen LogP) is 2.15. The Hall–Kier alpha value is -2.25. The van der Waals surface area contributed by atoms with E-state index in [1.807, 2.05) is 6.92 Å². The number of nitrogens with one attached hydrogen (secondary N) is 2. The molecule has 8 nitrogen and oxygen atoms in total. The minimum absolute atomic E-state index is 0.0160. The van der Waals surface area contributed by atoms with E-state index in [9.17, 15) is 14.4 Å². The van der Waals surface area contributed by atoms with Crippen LogP contribution in [-0.2, 0) is 14.3 Å². The largest absolute Gasteiger partial charge is 0.465 e. The summed E-state index contributed by atoms with van der Waals surface area (Å²) in [6, 6.07) is 0. The van der Waals surface area contributed by atoms with Gasteiger partial charge in [-0.1, -0.05) is 27.4 Å². The minimum Gasteiger partial charge on any atom is -0.465 e. The maximum atomic E-state index is 11.5. The quantitative estimate of drug-likeness (QED) is 0.301. The van der Waals surface area contributed by atoms with Crippen LogP contribution in [0.25, 0.3) is 0 Å². The van der Waals surface area contributed by atoms with Gasteiger partial charge in [-0.25, -0.2) is 14.4 Å². The summed E-state index contributed by atoms with van der Waals surface area (Å²) in [5, 5.41) is 13.6. The van der Waals surface area contributed by atoms with Crippen LogP contribution in [-0.4, -0.2) is 49.6 Å². The maximum Gasteiger partial charge on any atom is 0.407 e. The number of hydrogen-bond donors (Lipinski definition) is 3. The van der Waals surface area contributed by atoms with Gasteiger partial charge in [-0.15, -0.1) is 0 Å². The van der Waals surface area contributed by atoms with Crippen molar-refractivity contribution in [2.75, 3.05) is 26.3 Å². The number of amides is 2. The van der Waals surface area contributed by atoms with Crippen molar-refractivity contribution in [1.82, 2.24) is 10.6 Å². The molecule has 0 aromatic heterocycles. The average molecular weight is 344 g/mol. The zero-order chi connectivity index (χ0) is 18.6. The van der Waals surface area contributed by atoms with Crippen LogP contribution in [0.5, 0.6) is 0 Å². The first kappa shape index (κ1) is 21.8. The van der Waals surface area contributed by atoms with Gasteiger partial charge in [0.1, 0.15) is 13.2 Å². The highest BCUT2D eigenvalue weighted by atomic mass is 16.6. The summed E-state index contributed by atoms with van der Waals surface area (Å²) in [6.07, 6.45) is 0.991. The Balaban J connectivity index is 3.86. The monoisotopic (exact) mass is 344 g/mol. The molecule has 0 saturated carbocycles. The molecule has 1 atom stereocenters. The first-order valence-electron chi connectivity index (χ1n) is 7.83. The van der Waals surface area contributed by atoms with Crippen molar-refractivity contribution >= 4 is 18.2 Å². The highest BCUT2D eigenvalue weighted by Crippen LogP contribution is 2.28.